The zero-order chi connectivity index (χ0) is 14.8. The molecule has 1 aliphatic rings. The summed E-state index contributed by atoms with van der Waals surface area (Å²) < 4.78 is 36.0. The quantitative estimate of drug-likeness (QED) is 0.738. The van der Waals surface area contributed by atoms with Gasteiger partial charge in [0.1, 0.15) is 0 Å². The molecule has 0 N–H and O–H groups in total. The Morgan fingerprint density at radius 1 is 1.55 bits per heavy atom. The minimum Gasteiger partial charge on any atom is -0.464 e. The van der Waals surface area contributed by atoms with Crippen LogP contribution < -0.4 is 0 Å². The highest BCUT2D eigenvalue weighted by molar-refractivity contribution is 7.91. The van der Waals surface area contributed by atoms with Gasteiger partial charge in [-0.25, -0.2) is 18.2 Å². The lowest BCUT2D eigenvalue weighted by molar-refractivity contribution is 0.0590. The molecule has 2 rings (SSSR count). The lowest BCUT2D eigenvalue weighted by atomic mass is 10.1. The first-order valence-electron chi connectivity index (χ1n) is 6.01. The Morgan fingerprint density at radius 2 is 2.30 bits per heavy atom. The van der Waals surface area contributed by atoms with Crippen LogP contribution in [0.5, 0.6) is 0 Å². The largest absolute Gasteiger partial charge is 0.464 e. The SMILES string of the molecule is COCC1CCN(S(=O)(=O)c2scnc2C(=O)OC)C1. The van der Waals surface area contributed by atoms with Gasteiger partial charge in [0.15, 0.2) is 9.90 Å². The number of carbonyl (C=O) groups is 1. The van der Waals surface area contributed by atoms with E-state index in [1.807, 2.05) is 0 Å². The third kappa shape index (κ3) is 2.85. The zero-order valence-electron chi connectivity index (χ0n) is 11.2. The van der Waals surface area contributed by atoms with Gasteiger partial charge in [0.2, 0.25) is 0 Å². The number of aromatic nitrogens is 1. The summed E-state index contributed by atoms with van der Waals surface area (Å²) in [7, 11) is -0.909. The van der Waals surface area contributed by atoms with E-state index in [0.29, 0.717) is 19.7 Å². The number of thiazole rings is 1. The van der Waals surface area contributed by atoms with Crippen molar-refractivity contribution in [2.75, 3.05) is 33.9 Å². The van der Waals surface area contributed by atoms with Crippen molar-refractivity contribution < 1.29 is 22.7 Å². The second kappa shape index (κ2) is 6.17. The van der Waals surface area contributed by atoms with E-state index in [1.54, 1.807) is 7.11 Å². The van der Waals surface area contributed by atoms with Gasteiger partial charge in [0.05, 0.1) is 19.2 Å². The lowest BCUT2D eigenvalue weighted by Crippen LogP contribution is -2.30. The second-order valence-electron chi connectivity index (χ2n) is 4.45. The van der Waals surface area contributed by atoms with Gasteiger partial charge in [-0.05, 0) is 12.3 Å². The first-order valence-corrected chi connectivity index (χ1v) is 8.33. The summed E-state index contributed by atoms with van der Waals surface area (Å²) >= 11 is 0.929. The van der Waals surface area contributed by atoms with Gasteiger partial charge in [-0.3, -0.25) is 0 Å². The van der Waals surface area contributed by atoms with Gasteiger partial charge < -0.3 is 9.47 Å². The van der Waals surface area contributed by atoms with E-state index in [4.69, 9.17) is 4.74 Å². The molecule has 1 saturated heterocycles. The van der Waals surface area contributed by atoms with Crippen molar-refractivity contribution in [1.29, 1.82) is 0 Å². The molecule has 112 valence electrons. The molecule has 7 nitrogen and oxygen atoms in total. The maximum atomic E-state index is 12.5. The number of hydrogen-bond acceptors (Lipinski definition) is 7. The number of methoxy groups -OCH3 is 2. The van der Waals surface area contributed by atoms with Crippen LogP contribution in [-0.2, 0) is 19.5 Å². The normalized spacial score (nSPS) is 20.2. The van der Waals surface area contributed by atoms with Crippen LogP contribution >= 0.6 is 11.3 Å². The molecule has 1 atom stereocenters. The molecular formula is C11H16N2O5S2. The highest BCUT2D eigenvalue weighted by atomic mass is 32.2. The summed E-state index contributed by atoms with van der Waals surface area (Å²) in [6.07, 6.45) is 0.749. The second-order valence-corrected chi connectivity index (χ2v) is 7.44. The van der Waals surface area contributed by atoms with E-state index in [0.717, 1.165) is 17.8 Å². The fraction of sp³-hybridized carbons (Fsp3) is 0.636. The Kier molecular flexibility index (Phi) is 4.74. The highest BCUT2D eigenvalue weighted by Gasteiger charge is 2.36. The first-order chi connectivity index (χ1) is 9.50. The predicted octanol–water partition coefficient (Wildman–Crippen LogP) is 0.587. The van der Waals surface area contributed by atoms with Crippen molar-refractivity contribution >= 4 is 27.3 Å². The van der Waals surface area contributed by atoms with Gasteiger partial charge in [-0.15, -0.1) is 11.3 Å². The Morgan fingerprint density at radius 3 is 2.95 bits per heavy atom. The molecule has 1 unspecified atom stereocenters. The molecule has 0 saturated carbocycles. The molecule has 20 heavy (non-hydrogen) atoms. The van der Waals surface area contributed by atoms with Gasteiger partial charge in [-0.1, -0.05) is 0 Å². The molecule has 1 aromatic heterocycles. The predicted molar refractivity (Wildman–Crippen MR) is 72.2 cm³/mol. The molecule has 0 aliphatic carbocycles. The molecular weight excluding hydrogens is 304 g/mol. The Balaban J connectivity index is 2.24. The minimum atomic E-state index is -3.70. The fourth-order valence-corrected chi connectivity index (χ4v) is 4.96. The minimum absolute atomic E-state index is 0.0533. The fourth-order valence-electron chi connectivity index (χ4n) is 2.16. The van der Waals surface area contributed by atoms with Gasteiger partial charge in [-0.2, -0.15) is 4.31 Å². The van der Waals surface area contributed by atoms with Crippen LogP contribution in [0.1, 0.15) is 16.9 Å². The van der Waals surface area contributed by atoms with E-state index in [2.05, 4.69) is 9.72 Å². The van der Waals surface area contributed by atoms with Gasteiger partial charge in [0, 0.05) is 20.2 Å². The van der Waals surface area contributed by atoms with Crippen molar-refractivity contribution in [2.24, 2.45) is 5.92 Å². The molecule has 9 heteroatoms. The average Bonchev–Trinajstić information content (AvgIpc) is 3.07. The maximum Gasteiger partial charge on any atom is 0.358 e. The number of nitrogens with zero attached hydrogens (tertiary/aromatic N) is 2. The lowest BCUT2D eigenvalue weighted by Gasteiger charge is -2.15. The molecule has 0 amide bonds. The standard InChI is InChI=1S/C11H16N2O5S2/c1-17-6-8-3-4-13(5-8)20(15,16)11-9(10(14)18-2)12-7-19-11/h7-8H,3-6H2,1-2H3. The average molecular weight is 320 g/mol. The van der Waals surface area contributed by atoms with Crippen molar-refractivity contribution in [1.82, 2.24) is 9.29 Å². The summed E-state index contributed by atoms with van der Waals surface area (Å²) in [6.45, 7) is 1.35. The highest BCUT2D eigenvalue weighted by Crippen LogP contribution is 2.29. The van der Waals surface area contributed by atoms with Gasteiger partial charge in [0.25, 0.3) is 10.0 Å². The van der Waals surface area contributed by atoms with Crippen LogP contribution in [-0.4, -0.2) is 57.6 Å². The van der Waals surface area contributed by atoms with Crippen LogP contribution in [0.3, 0.4) is 0 Å². The number of carbonyl (C=O) groups excluding carboxylic acids is 1. The summed E-state index contributed by atoms with van der Waals surface area (Å²) in [5.74, 6) is -0.554. The number of hydrogen-bond donors (Lipinski definition) is 0. The van der Waals surface area contributed by atoms with Crippen molar-refractivity contribution in [2.45, 2.75) is 10.6 Å². The Bertz CT molecular complexity index is 583. The molecule has 0 radical (unpaired) electrons. The molecule has 1 aliphatic heterocycles. The third-order valence-electron chi connectivity index (χ3n) is 3.14. The van der Waals surface area contributed by atoms with Crippen LogP contribution in [0.15, 0.2) is 9.72 Å². The number of rotatable bonds is 5. The molecule has 0 spiro atoms. The first kappa shape index (κ1) is 15.4. The van der Waals surface area contributed by atoms with Crippen molar-refractivity contribution in [3.63, 3.8) is 0 Å². The van der Waals surface area contributed by atoms with E-state index in [1.165, 1.54) is 16.9 Å². The molecule has 0 aromatic carbocycles. The third-order valence-corrected chi connectivity index (χ3v) is 6.35. The van der Waals surface area contributed by atoms with E-state index in [-0.39, 0.29) is 15.8 Å². The van der Waals surface area contributed by atoms with Crippen LogP contribution in [0.25, 0.3) is 0 Å². The van der Waals surface area contributed by atoms with Crippen molar-refractivity contribution in [3.8, 4) is 0 Å². The van der Waals surface area contributed by atoms with Gasteiger partial charge >= 0.3 is 5.97 Å². The Labute approximate surface area is 121 Å². The van der Waals surface area contributed by atoms with E-state index in [9.17, 15) is 13.2 Å². The topological polar surface area (TPSA) is 85.8 Å². The zero-order valence-corrected chi connectivity index (χ0v) is 12.9. The van der Waals surface area contributed by atoms with Crippen LogP contribution in [0.4, 0.5) is 0 Å². The van der Waals surface area contributed by atoms with Crippen molar-refractivity contribution in [3.05, 3.63) is 11.2 Å². The summed E-state index contributed by atoms with van der Waals surface area (Å²) in [5.41, 5.74) is 1.19. The summed E-state index contributed by atoms with van der Waals surface area (Å²) in [6, 6.07) is 0. The summed E-state index contributed by atoms with van der Waals surface area (Å²) in [4.78, 5) is 15.3. The number of ether oxygens (including phenoxy) is 2. The smallest absolute Gasteiger partial charge is 0.358 e. The van der Waals surface area contributed by atoms with E-state index < -0.39 is 16.0 Å². The van der Waals surface area contributed by atoms with Crippen LogP contribution in [0.2, 0.25) is 0 Å². The molecule has 1 aromatic rings. The summed E-state index contributed by atoms with van der Waals surface area (Å²) in [5, 5.41) is 0. The number of esters is 1. The maximum absolute atomic E-state index is 12.5. The monoisotopic (exact) mass is 320 g/mol. The molecule has 1 fully saturated rings. The van der Waals surface area contributed by atoms with Crippen LogP contribution in [0, 0.1) is 5.92 Å². The Hall–Kier alpha value is -1.03. The molecule has 0 bridgehead atoms. The van der Waals surface area contributed by atoms with E-state index >= 15 is 0 Å². The molecule has 2 heterocycles. The number of sulfonamides is 1.